The molecule has 1 aromatic carbocycles. The lowest BCUT2D eigenvalue weighted by Gasteiger charge is -2.14. The largest absolute Gasteiger partial charge is 0.398 e. The fourth-order valence-electron chi connectivity index (χ4n) is 1.82. The zero-order chi connectivity index (χ0) is 11.3. The number of nitrogens with zero attached hydrogens (tertiary/aromatic N) is 1. The van der Waals surface area contributed by atoms with E-state index in [0.717, 1.165) is 0 Å². The molecule has 0 saturated heterocycles. The number of carbonyl (C=O) groups excluding carboxylic acids is 2. The zero-order valence-electron chi connectivity index (χ0n) is 8.06. The molecule has 4 nitrogen and oxygen atoms in total. The van der Waals surface area contributed by atoms with E-state index in [1.54, 1.807) is 18.2 Å². The van der Waals surface area contributed by atoms with Gasteiger partial charge >= 0.3 is 0 Å². The number of nitrogens with two attached hydrogens (primary N) is 1. The smallest absolute Gasteiger partial charge is 0.215 e. The summed E-state index contributed by atoms with van der Waals surface area (Å²) < 4.78 is 0. The van der Waals surface area contributed by atoms with Crippen molar-refractivity contribution in [3.63, 3.8) is 0 Å². The van der Waals surface area contributed by atoms with Gasteiger partial charge in [0.25, 0.3) is 0 Å². The predicted molar refractivity (Wildman–Crippen MR) is 59.8 cm³/mol. The minimum absolute atomic E-state index is 0.167. The molecule has 0 saturated carbocycles. The molecule has 78 valence electrons. The molecule has 0 atom stereocenters. The molecule has 1 aliphatic carbocycles. The SMILES string of the molecule is Nc1cccc2c1C(=O)c1ncsc1C2=O. The van der Waals surface area contributed by atoms with E-state index in [4.69, 9.17) is 5.73 Å². The van der Waals surface area contributed by atoms with Crippen molar-refractivity contribution < 1.29 is 9.59 Å². The molecular weight excluding hydrogens is 224 g/mol. The Balaban J connectivity index is 2.38. The molecule has 0 aliphatic heterocycles. The van der Waals surface area contributed by atoms with Crippen molar-refractivity contribution in [3.8, 4) is 0 Å². The number of nitrogen functional groups attached to an aromatic ring is 1. The van der Waals surface area contributed by atoms with Crippen molar-refractivity contribution in [1.82, 2.24) is 4.98 Å². The van der Waals surface area contributed by atoms with E-state index in [-0.39, 0.29) is 22.8 Å². The van der Waals surface area contributed by atoms with Gasteiger partial charge < -0.3 is 5.73 Å². The average molecular weight is 230 g/mol. The van der Waals surface area contributed by atoms with E-state index >= 15 is 0 Å². The lowest BCUT2D eigenvalue weighted by Crippen LogP contribution is -2.21. The maximum Gasteiger partial charge on any atom is 0.215 e. The molecule has 0 radical (unpaired) electrons. The zero-order valence-corrected chi connectivity index (χ0v) is 8.88. The number of fused-ring (bicyclic) bond motifs is 2. The molecule has 1 aromatic heterocycles. The maximum atomic E-state index is 12.0. The first-order chi connectivity index (χ1) is 7.70. The Morgan fingerprint density at radius 2 is 2.00 bits per heavy atom. The van der Waals surface area contributed by atoms with Gasteiger partial charge in [0, 0.05) is 11.3 Å². The molecule has 0 bridgehead atoms. The third-order valence-corrected chi connectivity index (χ3v) is 3.38. The van der Waals surface area contributed by atoms with Gasteiger partial charge in [0.05, 0.1) is 11.1 Å². The van der Waals surface area contributed by atoms with Crippen LogP contribution in [0.3, 0.4) is 0 Å². The van der Waals surface area contributed by atoms with Crippen LogP contribution in [0.1, 0.15) is 31.3 Å². The summed E-state index contributed by atoms with van der Waals surface area (Å²) in [5.74, 6) is -0.427. The molecule has 1 aliphatic rings. The van der Waals surface area contributed by atoms with Gasteiger partial charge in [0.1, 0.15) is 10.6 Å². The first-order valence-electron chi connectivity index (χ1n) is 4.61. The number of carbonyl (C=O) groups is 2. The van der Waals surface area contributed by atoms with Crippen LogP contribution in [0.25, 0.3) is 0 Å². The summed E-state index contributed by atoms with van der Waals surface area (Å²) in [4.78, 5) is 28.4. The normalized spacial score (nSPS) is 13.5. The third-order valence-electron chi connectivity index (χ3n) is 2.56. The van der Waals surface area contributed by atoms with Crippen molar-refractivity contribution in [2.24, 2.45) is 0 Å². The Bertz CT molecular complexity index is 631. The number of hydrogen-bond acceptors (Lipinski definition) is 5. The molecule has 2 aromatic rings. The van der Waals surface area contributed by atoms with Gasteiger partial charge in [-0.05, 0) is 6.07 Å². The van der Waals surface area contributed by atoms with Crippen LogP contribution in [0.4, 0.5) is 5.69 Å². The highest BCUT2D eigenvalue weighted by Gasteiger charge is 2.33. The second-order valence-corrected chi connectivity index (χ2v) is 4.31. The van der Waals surface area contributed by atoms with Crippen molar-refractivity contribution in [2.45, 2.75) is 0 Å². The summed E-state index contributed by atoms with van der Waals surface area (Å²) in [6, 6.07) is 4.90. The van der Waals surface area contributed by atoms with Gasteiger partial charge in [-0.2, -0.15) is 0 Å². The van der Waals surface area contributed by atoms with Crippen LogP contribution in [0.5, 0.6) is 0 Å². The van der Waals surface area contributed by atoms with Gasteiger partial charge in [0.15, 0.2) is 0 Å². The van der Waals surface area contributed by atoms with E-state index in [9.17, 15) is 9.59 Å². The molecule has 3 rings (SSSR count). The van der Waals surface area contributed by atoms with Gasteiger partial charge in [-0.15, -0.1) is 11.3 Å². The van der Waals surface area contributed by atoms with Crippen molar-refractivity contribution in [1.29, 1.82) is 0 Å². The van der Waals surface area contributed by atoms with Gasteiger partial charge in [-0.1, -0.05) is 12.1 Å². The number of hydrogen-bond donors (Lipinski definition) is 1. The molecule has 5 heteroatoms. The highest BCUT2D eigenvalue weighted by molar-refractivity contribution is 7.12. The summed E-state index contributed by atoms with van der Waals surface area (Å²) in [6.45, 7) is 0. The van der Waals surface area contributed by atoms with Crippen LogP contribution in [0.2, 0.25) is 0 Å². The maximum absolute atomic E-state index is 12.0. The summed E-state index contributed by atoms with van der Waals surface area (Å²) in [7, 11) is 0. The summed E-state index contributed by atoms with van der Waals surface area (Å²) in [6.07, 6.45) is 0. The first kappa shape index (κ1) is 9.23. The van der Waals surface area contributed by atoms with Gasteiger partial charge in [-0.25, -0.2) is 4.98 Å². The predicted octanol–water partition coefficient (Wildman–Crippen LogP) is 1.50. The van der Waals surface area contributed by atoms with E-state index in [0.29, 0.717) is 16.1 Å². The first-order valence-corrected chi connectivity index (χ1v) is 5.49. The fraction of sp³-hybridized carbons (Fsp3) is 0. The van der Waals surface area contributed by atoms with Gasteiger partial charge in [-0.3, -0.25) is 9.59 Å². The van der Waals surface area contributed by atoms with E-state index in [1.165, 1.54) is 16.8 Å². The molecule has 0 amide bonds. The molecule has 0 fully saturated rings. The highest BCUT2D eigenvalue weighted by atomic mass is 32.1. The molecule has 16 heavy (non-hydrogen) atoms. The van der Waals surface area contributed by atoms with Crippen molar-refractivity contribution in [3.05, 3.63) is 45.4 Å². The van der Waals surface area contributed by atoms with Crippen LogP contribution in [0.15, 0.2) is 23.7 Å². The Labute approximate surface area is 94.7 Å². The highest BCUT2D eigenvalue weighted by Crippen LogP contribution is 2.31. The summed E-state index contributed by atoms with van der Waals surface area (Å²) in [5.41, 5.74) is 8.44. The minimum atomic E-state index is -0.260. The Morgan fingerprint density at radius 1 is 1.19 bits per heavy atom. The van der Waals surface area contributed by atoms with E-state index < -0.39 is 0 Å². The number of thiazole rings is 1. The second kappa shape index (κ2) is 2.99. The molecular formula is C11H6N2O2S. The molecule has 2 N–H and O–H groups in total. The second-order valence-electron chi connectivity index (χ2n) is 3.46. The monoisotopic (exact) mass is 230 g/mol. The van der Waals surface area contributed by atoms with Crippen LogP contribution < -0.4 is 5.73 Å². The van der Waals surface area contributed by atoms with Crippen LogP contribution in [-0.4, -0.2) is 16.6 Å². The fourth-order valence-corrected chi connectivity index (χ4v) is 2.56. The number of aromatic nitrogens is 1. The minimum Gasteiger partial charge on any atom is -0.398 e. The Morgan fingerprint density at radius 3 is 2.81 bits per heavy atom. The quantitative estimate of drug-likeness (QED) is 0.594. The van der Waals surface area contributed by atoms with E-state index in [2.05, 4.69) is 4.98 Å². The van der Waals surface area contributed by atoms with Crippen LogP contribution >= 0.6 is 11.3 Å². The van der Waals surface area contributed by atoms with Gasteiger partial charge in [0.2, 0.25) is 11.6 Å². The lowest BCUT2D eigenvalue weighted by molar-refractivity contribution is 0.0980. The Kier molecular flexibility index (Phi) is 1.73. The van der Waals surface area contributed by atoms with Crippen molar-refractivity contribution >= 4 is 28.6 Å². The van der Waals surface area contributed by atoms with Crippen LogP contribution in [0, 0.1) is 0 Å². The standard InChI is InChI=1S/C11H6N2O2S/c12-6-3-1-2-5-7(6)10(15)8-11(9(5)14)16-4-13-8/h1-4H,12H2. The van der Waals surface area contributed by atoms with Crippen LogP contribution in [-0.2, 0) is 0 Å². The Hall–Kier alpha value is -2.01. The van der Waals surface area contributed by atoms with Crippen molar-refractivity contribution in [2.75, 3.05) is 5.73 Å². The average Bonchev–Trinajstić information content (AvgIpc) is 2.75. The lowest BCUT2D eigenvalue weighted by atomic mass is 9.90. The third kappa shape index (κ3) is 1.00. The molecule has 0 spiro atoms. The number of benzene rings is 1. The number of ketones is 2. The number of rotatable bonds is 0. The summed E-state index contributed by atoms with van der Waals surface area (Å²) in [5, 5.41) is 0. The topological polar surface area (TPSA) is 73.1 Å². The molecule has 0 unspecified atom stereocenters. The van der Waals surface area contributed by atoms with E-state index in [1.807, 2.05) is 0 Å². The number of anilines is 1. The summed E-state index contributed by atoms with van der Waals surface area (Å²) >= 11 is 1.18. The molecule has 1 heterocycles.